The highest BCUT2D eigenvalue weighted by atomic mass is 35.5. The third-order valence-corrected chi connectivity index (χ3v) is 3.82. The summed E-state index contributed by atoms with van der Waals surface area (Å²) in [7, 11) is 0. The molecule has 1 N–H and O–H groups in total. The van der Waals surface area contributed by atoms with Crippen molar-refractivity contribution in [2.45, 2.75) is 26.9 Å². The van der Waals surface area contributed by atoms with Gasteiger partial charge in [-0.05, 0) is 36.7 Å². The van der Waals surface area contributed by atoms with Crippen molar-refractivity contribution in [3.63, 3.8) is 0 Å². The van der Waals surface area contributed by atoms with E-state index in [2.05, 4.69) is 18.7 Å². The van der Waals surface area contributed by atoms with Gasteiger partial charge < -0.3 is 10.0 Å². The molecule has 1 aromatic carbocycles. The minimum absolute atomic E-state index is 0.128. The maximum Gasteiger partial charge on any atom is 0.0842 e. The van der Waals surface area contributed by atoms with Crippen molar-refractivity contribution in [3.05, 3.63) is 33.8 Å². The zero-order valence-electron chi connectivity index (χ0n) is 11.2. The van der Waals surface area contributed by atoms with Crippen LogP contribution in [0.4, 0.5) is 0 Å². The minimum Gasteiger partial charge on any atom is -0.388 e. The summed E-state index contributed by atoms with van der Waals surface area (Å²) in [6.07, 6.45) is -0.560. The lowest BCUT2D eigenvalue weighted by atomic mass is 9.97. The first-order valence-corrected chi connectivity index (χ1v) is 7.10. The lowest BCUT2D eigenvalue weighted by Crippen LogP contribution is -2.30. The minimum atomic E-state index is -0.560. The molecule has 4 heteroatoms. The normalized spacial score (nSPS) is 14.8. The molecule has 2 atom stereocenters. The molecule has 0 amide bonds. The number of halogens is 2. The number of benzene rings is 1. The average molecular weight is 290 g/mol. The lowest BCUT2D eigenvalue weighted by Gasteiger charge is -2.26. The summed E-state index contributed by atoms with van der Waals surface area (Å²) in [6, 6.07) is 5.23. The van der Waals surface area contributed by atoms with Crippen LogP contribution in [0.15, 0.2) is 18.2 Å². The molecule has 0 bridgehead atoms. The maximum absolute atomic E-state index is 10.3. The number of hydrogen-bond donors (Lipinski definition) is 1. The summed E-state index contributed by atoms with van der Waals surface area (Å²) in [5.74, 6) is 0.128. The van der Waals surface area contributed by atoms with E-state index in [0.29, 0.717) is 10.0 Å². The van der Waals surface area contributed by atoms with Gasteiger partial charge in [0, 0.05) is 16.6 Å². The monoisotopic (exact) mass is 289 g/mol. The molecule has 1 aromatic rings. The van der Waals surface area contributed by atoms with Crippen molar-refractivity contribution in [2.75, 3.05) is 19.6 Å². The molecule has 2 unspecified atom stereocenters. The molecule has 18 heavy (non-hydrogen) atoms. The molecule has 0 heterocycles. The van der Waals surface area contributed by atoms with E-state index in [1.54, 1.807) is 18.2 Å². The summed E-state index contributed by atoms with van der Waals surface area (Å²) in [5.41, 5.74) is 0.751. The summed E-state index contributed by atoms with van der Waals surface area (Å²) in [6.45, 7) is 9.11. The van der Waals surface area contributed by atoms with Gasteiger partial charge in [-0.3, -0.25) is 0 Å². The van der Waals surface area contributed by atoms with Gasteiger partial charge in [0.1, 0.15) is 0 Å². The Balaban J connectivity index is 2.76. The topological polar surface area (TPSA) is 23.5 Å². The second kappa shape index (κ2) is 7.34. The van der Waals surface area contributed by atoms with Gasteiger partial charge in [-0.2, -0.15) is 0 Å². The Labute approximate surface area is 120 Å². The molecule has 0 aromatic heterocycles. The number of aliphatic hydroxyl groups excluding tert-OH is 1. The molecule has 0 radical (unpaired) electrons. The first kappa shape index (κ1) is 15.8. The quantitative estimate of drug-likeness (QED) is 0.856. The molecular weight excluding hydrogens is 269 g/mol. The van der Waals surface area contributed by atoms with E-state index >= 15 is 0 Å². The van der Waals surface area contributed by atoms with Crippen molar-refractivity contribution in [1.82, 2.24) is 4.90 Å². The Kier molecular flexibility index (Phi) is 6.44. The Morgan fingerprint density at radius 3 is 2.33 bits per heavy atom. The molecule has 102 valence electrons. The van der Waals surface area contributed by atoms with Crippen molar-refractivity contribution < 1.29 is 5.11 Å². The molecular formula is C14H21Cl2NO. The standard InChI is InChI=1S/C14H21Cl2NO/c1-4-17(5-2)9-10(3)14(18)12-7-6-11(15)8-13(12)16/h6-8,10,14,18H,4-5,9H2,1-3H3. The van der Waals surface area contributed by atoms with E-state index in [1.165, 1.54) is 0 Å². The third-order valence-electron chi connectivity index (χ3n) is 3.26. The molecule has 0 saturated carbocycles. The second-order valence-electron chi connectivity index (χ2n) is 4.57. The van der Waals surface area contributed by atoms with Gasteiger partial charge in [0.05, 0.1) is 6.10 Å². The Morgan fingerprint density at radius 2 is 1.83 bits per heavy atom. The average Bonchev–Trinajstić information content (AvgIpc) is 2.34. The predicted octanol–water partition coefficient (Wildman–Crippen LogP) is 4.00. The predicted molar refractivity (Wildman–Crippen MR) is 78.4 cm³/mol. The van der Waals surface area contributed by atoms with Crippen LogP contribution in [-0.2, 0) is 0 Å². The van der Waals surface area contributed by atoms with E-state index in [1.807, 2.05) is 6.92 Å². The summed E-state index contributed by atoms with van der Waals surface area (Å²) in [4.78, 5) is 2.29. The second-order valence-corrected chi connectivity index (χ2v) is 5.42. The maximum atomic E-state index is 10.3. The Bertz CT molecular complexity index is 380. The molecule has 0 saturated heterocycles. The van der Waals surface area contributed by atoms with E-state index in [-0.39, 0.29) is 5.92 Å². The highest BCUT2D eigenvalue weighted by molar-refractivity contribution is 6.35. The zero-order valence-corrected chi connectivity index (χ0v) is 12.7. The van der Waals surface area contributed by atoms with Crippen LogP contribution in [0.5, 0.6) is 0 Å². The van der Waals surface area contributed by atoms with E-state index in [9.17, 15) is 5.11 Å². The van der Waals surface area contributed by atoms with Gasteiger partial charge in [0.25, 0.3) is 0 Å². The van der Waals surface area contributed by atoms with Gasteiger partial charge in [0.2, 0.25) is 0 Å². The van der Waals surface area contributed by atoms with Gasteiger partial charge in [-0.25, -0.2) is 0 Å². The van der Waals surface area contributed by atoms with Gasteiger partial charge >= 0.3 is 0 Å². The van der Waals surface area contributed by atoms with Crippen molar-refractivity contribution in [3.8, 4) is 0 Å². The first-order chi connectivity index (χ1) is 8.49. The first-order valence-electron chi connectivity index (χ1n) is 6.34. The van der Waals surface area contributed by atoms with Crippen LogP contribution in [0.25, 0.3) is 0 Å². The zero-order chi connectivity index (χ0) is 13.7. The van der Waals surface area contributed by atoms with Crippen molar-refractivity contribution in [2.24, 2.45) is 5.92 Å². The molecule has 0 aliphatic carbocycles. The van der Waals surface area contributed by atoms with Crippen molar-refractivity contribution in [1.29, 1.82) is 0 Å². The van der Waals surface area contributed by atoms with Crippen LogP contribution >= 0.6 is 23.2 Å². The highest BCUT2D eigenvalue weighted by Gasteiger charge is 2.20. The molecule has 0 spiro atoms. The number of nitrogens with zero attached hydrogens (tertiary/aromatic N) is 1. The largest absolute Gasteiger partial charge is 0.388 e. The number of rotatable bonds is 6. The highest BCUT2D eigenvalue weighted by Crippen LogP contribution is 2.30. The summed E-state index contributed by atoms with van der Waals surface area (Å²) < 4.78 is 0. The van der Waals surface area contributed by atoms with Crippen LogP contribution in [-0.4, -0.2) is 29.6 Å². The molecule has 0 fully saturated rings. The van der Waals surface area contributed by atoms with Gasteiger partial charge in [-0.15, -0.1) is 0 Å². The fourth-order valence-corrected chi connectivity index (χ4v) is 2.56. The summed E-state index contributed by atoms with van der Waals surface area (Å²) >= 11 is 12.0. The van der Waals surface area contributed by atoms with E-state index in [0.717, 1.165) is 25.2 Å². The molecule has 2 nitrogen and oxygen atoms in total. The van der Waals surface area contributed by atoms with Crippen LogP contribution in [0.3, 0.4) is 0 Å². The SMILES string of the molecule is CCN(CC)CC(C)C(O)c1ccc(Cl)cc1Cl. The molecule has 1 rings (SSSR count). The van der Waals surface area contributed by atoms with Crippen LogP contribution in [0.1, 0.15) is 32.4 Å². The van der Waals surface area contributed by atoms with Crippen LogP contribution < -0.4 is 0 Å². The van der Waals surface area contributed by atoms with Gasteiger partial charge in [0.15, 0.2) is 0 Å². The smallest absolute Gasteiger partial charge is 0.0842 e. The Hall–Kier alpha value is -0.280. The van der Waals surface area contributed by atoms with E-state index in [4.69, 9.17) is 23.2 Å². The summed E-state index contributed by atoms with van der Waals surface area (Å²) in [5, 5.41) is 11.5. The number of aliphatic hydroxyl groups is 1. The van der Waals surface area contributed by atoms with Crippen LogP contribution in [0, 0.1) is 5.92 Å². The van der Waals surface area contributed by atoms with Gasteiger partial charge in [-0.1, -0.05) is 50.0 Å². The fourth-order valence-electron chi connectivity index (χ4n) is 2.04. The molecule has 0 aliphatic heterocycles. The Morgan fingerprint density at radius 1 is 1.22 bits per heavy atom. The van der Waals surface area contributed by atoms with Crippen molar-refractivity contribution >= 4 is 23.2 Å². The third kappa shape index (κ3) is 4.13. The number of hydrogen-bond acceptors (Lipinski definition) is 2. The molecule has 0 aliphatic rings. The van der Waals surface area contributed by atoms with E-state index < -0.39 is 6.10 Å². The lowest BCUT2D eigenvalue weighted by molar-refractivity contribution is 0.0912. The fraction of sp³-hybridized carbons (Fsp3) is 0.571. The van der Waals surface area contributed by atoms with Crippen LogP contribution in [0.2, 0.25) is 10.0 Å².